The lowest BCUT2D eigenvalue weighted by molar-refractivity contribution is -0.118. The monoisotopic (exact) mass is 321 g/mol. The highest BCUT2D eigenvalue weighted by molar-refractivity contribution is 7.71. The summed E-state index contributed by atoms with van der Waals surface area (Å²) in [5, 5.41) is 8.89. The molecule has 0 atom stereocenters. The number of primary amides is 1. The van der Waals surface area contributed by atoms with Crippen LogP contribution < -0.4 is 16.0 Å². The number of aromatic amines is 1. The largest absolute Gasteiger partial charge is 0.490 e. The van der Waals surface area contributed by atoms with Gasteiger partial charge in [-0.1, -0.05) is 12.1 Å². The number of ether oxygens (including phenoxy) is 1. The van der Waals surface area contributed by atoms with Crippen molar-refractivity contribution in [3.05, 3.63) is 45.5 Å². The lowest BCUT2D eigenvalue weighted by Crippen LogP contribution is -2.23. The Morgan fingerprint density at radius 2 is 2.14 bits per heavy atom. The summed E-state index contributed by atoms with van der Waals surface area (Å²) in [6.45, 7) is -0.201. The molecule has 22 heavy (non-hydrogen) atoms. The summed E-state index contributed by atoms with van der Waals surface area (Å²) in [6, 6.07) is 8.27. The molecule has 2 rings (SSSR count). The first-order valence-electron chi connectivity index (χ1n) is 6.48. The van der Waals surface area contributed by atoms with Crippen LogP contribution in [0.15, 0.2) is 35.1 Å². The van der Waals surface area contributed by atoms with Gasteiger partial charge in [0.15, 0.2) is 4.77 Å². The van der Waals surface area contributed by atoms with Gasteiger partial charge in [0.2, 0.25) is 5.91 Å². The zero-order chi connectivity index (χ0) is 16.1. The van der Waals surface area contributed by atoms with Crippen LogP contribution in [0.5, 0.6) is 5.75 Å². The second kappa shape index (κ2) is 7.01. The van der Waals surface area contributed by atoms with Crippen molar-refractivity contribution in [1.29, 1.82) is 0 Å². The molecule has 0 unspecified atom stereocenters. The van der Waals surface area contributed by atoms with Gasteiger partial charge in [-0.05, 0) is 24.4 Å². The normalized spacial score (nSPS) is 10.4. The van der Waals surface area contributed by atoms with Crippen LogP contribution in [-0.4, -0.2) is 33.8 Å². The number of hydrogen-bond donors (Lipinski definition) is 3. The number of benzene rings is 1. The van der Waals surface area contributed by atoms with Crippen LogP contribution >= 0.6 is 12.2 Å². The van der Waals surface area contributed by atoms with Crippen LogP contribution in [0.25, 0.3) is 11.3 Å². The minimum Gasteiger partial charge on any atom is -0.490 e. The van der Waals surface area contributed by atoms with Gasteiger partial charge in [0, 0.05) is 11.6 Å². The molecule has 2 aromatic rings. The number of carbonyl (C=O) groups excluding carboxylic acids is 1. The molecule has 0 radical (unpaired) electrons. The zero-order valence-corrected chi connectivity index (χ0v) is 12.4. The Hall–Kier alpha value is -2.45. The number of hydrogen-bond acceptors (Lipinski definition) is 5. The van der Waals surface area contributed by atoms with Crippen molar-refractivity contribution in [3.63, 3.8) is 0 Å². The topological polar surface area (TPSA) is 110 Å². The lowest BCUT2D eigenvalue weighted by Gasteiger charge is -2.15. The predicted molar refractivity (Wildman–Crippen MR) is 83.1 cm³/mol. The SMILES string of the molecule is NC(=O)Cn1c(-c2ccccc2OCCO)cc(=O)[nH]c1=S. The van der Waals surface area contributed by atoms with E-state index >= 15 is 0 Å². The maximum absolute atomic E-state index is 11.7. The van der Waals surface area contributed by atoms with Gasteiger partial charge in [0.05, 0.1) is 12.3 Å². The van der Waals surface area contributed by atoms with Gasteiger partial charge in [0.1, 0.15) is 18.9 Å². The van der Waals surface area contributed by atoms with E-state index in [-0.39, 0.29) is 24.5 Å². The molecule has 1 amide bonds. The van der Waals surface area contributed by atoms with Crippen LogP contribution in [0.1, 0.15) is 0 Å². The number of nitrogens with one attached hydrogen (secondary N) is 1. The van der Waals surface area contributed by atoms with Crippen molar-refractivity contribution in [2.24, 2.45) is 5.73 Å². The van der Waals surface area contributed by atoms with Crippen molar-refractivity contribution < 1.29 is 14.6 Å². The average molecular weight is 321 g/mol. The maximum Gasteiger partial charge on any atom is 0.252 e. The van der Waals surface area contributed by atoms with Gasteiger partial charge < -0.3 is 20.1 Å². The van der Waals surface area contributed by atoms with Crippen LogP contribution in [0, 0.1) is 4.77 Å². The Morgan fingerprint density at radius 3 is 2.82 bits per heavy atom. The summed E-state index contributed by atoms with van der Waals surface area (Å²) >= 11 is 5.09. The van der Waals surface area contributed by atoms with E-state index < -0.39 is 11.5 Å². The Kier molecular flexibility index (Phi) is 5.08. The molecular weight excluding hydrogens is 306 g/mol. The molecule has 7 nitrogen and oxygen atoms in total. The van der Waals surface area contributed by atoms with E-state index in [9.17, 15) is 9.59 Å². The summed E-state index contributed by atoms with van der Waals surface area (Å²) in [7, 11) is 0. The first kappa shape index (κ1) is 15.9. The van der Waals surface area contributed by atoms with Crippen LogP contribution in [-0.2, 0) is 11.3 Å². The summed E-state index contributed by atoms with van der Waals surface area (Å²) in [5.41, 5.74) is 5.84. The Morgan fingerprint density at radius 1 is 1.41 bits per heavy atom. The third-order valence-corrected chi connectivity index (χ3v) is 3.18. The minimum atomic E-state index is -0.585. The molecule has 0 spiro atoms. The van der Waals surface area contributed by atoms with Crippen molar-refractivity contribution in [2.45, 2.75) is 6.54 Å². The second-order valence-electron chi connectivity index (χ2n) is 4.44. The number of amides is 1. The highest BCUT2D eigenvalue weighted by Gasteiger charge is 2.13. The molecule has 0 aliphatic rings. The van der Waals surface area contributed by atoms with Crippen LogP contribution in [0.4, 0.5) is 0 Å². The number of aliphatic hydroxyl groups is 1. The van der Waals surface area contributed by atoms with E-state index in [0.717, 1.165) is 0 Å². The summed E-state index contributed by atoms with van der Waals surface area (Å²) < 4.78 is 6.98. The third-order valence-electron chi connectivity index (χ3n) is 2.86. The number of nitrogens with zero attached hydrogens (tertiary/aromatic N) is 1. The first-order chi connectivity index (χ1) is 10.5. The molecule has 1 aromatic heterocycles. The molecular formula is C14H15N3O4S. The Balaban J connectivity index is 2.64. The predicted octanol–water partition coefficient (Wildman–Crippen LogP) is 0.429. The number of aliphatic hydroxyl groups excluding tert-OH is 1. The quantitative estimate of drug-likeness (QED) is 0.668. The third kappa shape index (κ3) is 3.60. The molecule has 8 heteroatoms. The van der Waals surface area contributed by atoms with E-state index in [0.29, 0.717) is 17.0 Å². The Labute approximate surface area is 131 Å². The number of carbonyl (C=O) groups is 1. The van der Waals surface area contributed by atoms with Crippen molar-refractivity contribution in [3.8, 4) is 17.0 Å². The lowest BCUT2D eigenvalue weighted by atomic mass is 10.1. The summed E-state index contributed by atoms with van der Waals surface area (Å²) in [5.74, 6) is -0.118. The fourth-order valence-corrected chi connectivity index (χ4v) is 2.28. The van der Waals surface area contributed by atoms with E-state index in [2.05, 4.69) is 4.98 Å². The molecule has 0 bridgehead atoms. The van der Waals surface area contributed by atoms with Gasteiger partial charge in [-0.3, -0.25) is 14.6 Å². The summed E-state index contributed by atoms with van der Waals surface area (Å²) in [6.07, 6.45) is 0. The fraction of sp³-hybridized carbons (Fsp3) is 0.214. The summed E-state index contributed by atoms with van der Waals surface area (Å²) in [4.78, 5) is 25.4. The van der Waals surface area contributed by atoms with Gasteiger partial charge in [-0.15, -0.1) is 0 Å². The highest BCUT2D eigenvalue weighted by atomic mass is 32.1. The van der Waals surface area contributed by atoms with Crippen molar-refractivity contribution in [2.75, 3.05) is 13.2 Å². The second-order valence-corrected chi connectivity index (χ2v) is 4.83. The molecule has 4 N–H and O–H groups in total. The maximum atomic E-state index is 11.7. The molecule has 0 saturated carbocycles. The first-order valence-corrected chi connectivity index (χ1v) is 6.89. The average Bonchev–Trinajstić information content (AvgIpc) is 2.47. The number of nitrogens with two attached hydrogens (primary N) is 1. The number of para-hydroxylation sites is 1. The highest BCUT2D eigenvalue weighted by Crippen LogP contribution is 2.29. The van der Waals surface area contributed by atoms with Gasteiger partial charge >= 0.3 is 0 Å². The van der Waals surface area contributed by atoms with Crippen LogP contribution in [0.2, 0.25) is 0 Å². The molecule has 1 aromatic carbocycles. The van der Waals surface area contributed by atoms with Gasteiger partial charge in [-0.25, -0.2) is 0 Å². The van der Waals surface area contributed by atoms with E-state index in [4.69, 9.17) is 27.8 Å². The van der Waals surface area contributed by atoms with E-state index in [1.165, 1.54) is 10.6 Å². The molecule has 0 aliphatic carbocycles. The van der Waals surface area contributed by atoms with Crippen molar-refractivity contribution in [1.82, 2.24) is 9.55 Å². The Bertz CT molecular complexity index is 797. The van der Waals surface area contributed by atoms with E-state index in [1.54, 1.807) is 24.3 Å². The zero-order valence-electron chi connectivity index (χ0n) is 11.6. The van der Waals surface area contributed by atoms with Crippen LogP contribution in [0.3, 0.4) is 0 Å². The van der Waals surface area contributed by atoms with Gasteiger partial charge in [0.25, 0.3) is 5.56 Å². The smallest absolute Gasteiger partial charge is 0.252 e. The molecule has 116 valence electrons. The van der Waals surface area contributed by atoms with Gasteiger partial charge in [-0.2, -0.15) is 0 Å². The standard InChI is InChI=1S/C14H15N3O4S/c15-12(19)8-17-10(7-13(20)16-14(17)22)9-3-1-2-4-11(9)21-6-5-18/h1-4,7,18H,5-6,8H2,(H2,15,19)(H,16,20,22). The number of rotatable bonds is 6. The van der Waals surface area contributed by atoms with E-state index in [1.807, 2.05) is 0 Å². The number of aromatic nitrogens is 2. The molecule has 0 aliphatic heterocycles. The molecule has 1 heterocycles. The molecule has 0 saturated heterocycles. The minimum absolute atomic E-state index is 0.0956. The van der Waals surface area contributed by atoms with Crippen molar-refractivity contribution >= 4 is 18.1 Å². The number of H-pyrrole nitrogens is 1. The fourth-order valence-electron chi connectivity index (χ4n) is 2.02. The molecule has 0 fully saturated rings.